The molecule has 3 rings (SSSR count). The molecule has 130 valence electrons. The van der Waals surface area contributed by atoms with Crippen molar-refractivity contribution in [3.8, 4) is 11.1 Å². The van der Waals surface area contributed by atoms with Gasteiger partial charge in [-0.3, -0.25) is 0 Å². The van der Waals surface area contributed by atoms with Crippen molar-refractivity contribution in [2.45, 2.75) is 32.4 Å². The molecule has 3 aromatic carbocycles. The number of rotatable bonds is 4. The molecule has 0 nitrogen and oxygen atoms in total. The minimum absolute atomic E-state index is 0.0156. The van der Waals surface area contributed by atoms with Gasteiger partial charge in [0.1, 0.15) is 5.82 Å². The quantitative estimate of drug-likeness (QED) is 0.446. The predicted molar refractivity (Wildman–Crippen MR) is 93.0 cm³/mol. The predicted octanol–water partition coefficient (Wildman–Crippen LogP) is 7.01. The zero-order valence-electron chi connectivity index (χ0n) is 13.8. The van der Waals surface area contributed by atoms with Crippen LogP contribution in [0.3, 0.4) is 0 Å². The fourth-order valence-corrected chi connectivity index (χ4v) is 2.94. The van der Waals surface area contributed by atoms with Crippen molar-refractivity contribution in [2.24, 2.45) is 0 Å². The topological polar surface area (TPSA) is 0 Å². The summed E-state index contributed by atoms with van der Waals surface area (Å²) < 4.78 is 52.6. The van der Waals surface area contributed by atoms with Gasteiger partial charge in [-0.15, -0.1) is 0 Å². The van der Waals surface area contributed by atoms with Gasteiger partial charge in [0.15, 0.2) is 0 Å². The van der Waals surface area contributed by atoms with E-state index in [0.717, 1.165) is 36.5 Å². The van der Waals surface area contributed by atoms with Crippen LogP contribution in [0.5, 0.6) is 0 Å². The molecule has 0 fully saturated rings. The minimum atomic E-state index is -4.69. The first-order valence-corrected chi connectivity index (χ1v) is 8.29. The molecule has 0 radical (unpaired) electrons. The molecule has 0 aliphatic carbocycles. The van der Waals surface area contributed by atoms with Gasteiger partial charge in [-0.2, -0.15) is 13.2 Å². The smallest absolute Gasteiger partial charge is 0.206 e. The van der Waals surface area contributed by atoms with Crippen LogP contribution in [0.15, 0.2) is 54.6 Å². The zero-order chi connectivity index (χ0) is 18.0. The van der Waals surface area contributed by atoms with E-state index in [9.17, 15) is 17.6 Å². The maximum absolute atomic E-state index is 14.2. The van der Waals surface area contributed by atoms with Crippen LogP contribution in [-0.4, -0.2) is 0 Å². The molecule has 0 spiro atoms. The van der Waals surface area contributed by atoms with Gasteiger partial charge >= 0.3 is 6.18 Å². The number of halogens is 4. The standard InChI is InChI=1S/C21H18F4/c1-2-3-4-14-5-7-15(8-6-14)16-9-11-18-17(13-16)10-12-19(20(18)22)21(23,24)25/h5-13H,2-4H2,1H3. The van der Waals surface area contributed by atoms with Crippen molar-refractivity contribution < 1.29 is 17.6 Å². The number of benzene rings is 3. The molecule has 0 saturated carbocycles. The van der Waals surface area contributed by atoms with E-state index in [0.29, 0.717) is 5.39 Å². The van der Waals surface area contributed by atoms with Crippen LogP contribution in [0, 0.1) is 5.82 Å². The Kier molecular flexibility index (Phi) is 4.80. The van der Waals surface area contributed by atoms with Crippen LogP contribution in [0.1, 0.15) is 30.9 Å². The third-order valence-electron chi connectivity index (χ3n) is 4.37. The highest BCUT2D eigenvalue weighted by molar-refractivity contribution is 5.88. The molecule has 0 aromatic heterocycles. The summed E-state index contributed by atoms with van der Waals surface area (Å²) in [6.07, 6.45) is -1.39. The summed E-state index contributed by atoms with van der Waals surface area (Å²) in [7, 11) is 0. The maximum Gasteiger partial charge on any atom is 0.419 e. The highest BCUT2D eigenvalue weighted by Crippen LogP contribution is 2.35. The molecule has 25 heavy (non-hydrogen) atoms. The maximum atomic E-state index is 14.2. The molecule has 0 saturated heterocycles. The molecule has 0 aliphatic heterocycles. The van der Waals surface area contributed by atoms with Crippen LogP contribution in [0.4, 0.5) is 17.6 Å². The second kappa shape index (κ2) is 6.87. The minimum Gasteiger partial charge on any atom is -0.206 e. The molecule has 0 amide bonds. The molecule has 4 heteroatoms. The van der Waals surface area contributed by atoms with Crippen LogP contribution in [0.2, 0.25) is 0 Å². The highest BCUT2D eigenvalue weighted by atomic mass is 19.4. The van der Waals surface area contributed by atoms with Gasteiger partial charge in [0, 0.05) is 5.39 Å². The number of aryl methyl sites for hydroxylation is 1. The Morgan fingerprint density at radius 1 is 0.840 bits per heavy atom. The van der Waals surface area contributed by atoms with Gasteiger partial charge in [-0.1, -0.05) is 55.8 Å². The summed E-state index contributed by atoms with van der Waals surface area (Å²) in [5.41, 5.74) is 1.84. The van der Waals surface area contributed by atoms with E-state index in [1.54, 1.807) is 12.1 Å². The average molecular weight is 346 g/mol. The van der Waals surface area contributed by atoms with E-state index in [-0.39, 0.29) is 5.39 Å². The Balaban J connectivity index is 1.96. The lowest BCUT2D eigenvalue weighted by molar-refractivity contribution is -0.139. The average Bonchev–Trinajstić information content (AvgIpc) is 2.59. The first-order chi connectivity index (χ1) is 11.9. The monoisotopic (exact) mass is 346 g/mol. The summed E-state index contributed by atoms with van der Waals surface area (Å²) >= 11 is 0. The lowest BCUT2D eigenvalue weighted by Gasteiger charge is -2.11. The molecule has 0 heterocycles. The number of alkyl halides is 3. The van der Waals surface area contributed by atoms with E-state index in [4.69, 9.17) is 0 Å². The van der Waals surface area contributed by atoms with E-state index < -0.39 is 17.6 Å². The van der Waals surface area contributed by atoms with Gasteiger partial charge in [0.25, 0.3) is 0 Å². The normalized spacial score (nSPS) is 11.9. The van der Waals surface area contributed by atoms with Gasteiger partial charge in [-0.05, 0) is 47.1 Å². The molecule has 0 bridgehead atoms. The Morgan fingerprint density at radius 3 is 2.16 bits per heavy atom. The molecule has 0 unspecified atom stereocenters. The molecular weight excluding hydrogens is 328 g/mol. The first kappa shape index (κ1) is 17.5. The number of unbranched alkanes of at least 4 members (excludes halogenated alkanes) is 1. The van der Waals surface area contributed by atoms with Crippen molar-refractivity contribution in [1.29, 1.82) is 0 Å². The van der Waals surface area contributed by atoms with E-state index in [1.165, 1.54) is 17.7 Å². The Bertz CT molecular complexity index is 877. The fourth-order valence-electron chi connectivity index (χ4n) is 2.94. The van der Waals surface area contributed by atoms with Crippen molar-refractivity contribution in [3.05, 3.63) is 71.5 Å². The molecule has 3 aromatic rings. The lowest BCUT2D eigenvalue weighted by Crippen LogP contribution is -2.08. The largest absolute Gasteiger partial charge is 0.419 e. The summed E-state index contributed by atoms with van der Waals surface area (Å²) in [5.74, 6) is -1.22. The van der Waals surface area contributed by atoms with Gasteiger partial charge in [0.2, 0.25) is 0 Å². The second-order valence-electron chi connectivity index (χ2n) is 6.16. The number of fused-ring (bicyclic) bond motifs is 1. The Morgan fingerprint density at radius 2 is 1.52 bits per heavy atom. The fraction of sp³-hybridized carbons (Fsp3) is 0.238. The Labute approximate surface area is 144 Å². The van der Waals surface area contributed by atoms with Crippen LogP contribution >= 0.6 is 0 Å². The zero-order valence-corrected chi connectivity index (χ0v) is 13.8. The van der Waals surface area contributed by atoms with E-state index >= 15 is 0 Å². The third-order valence-corrected chi connectivity index (χ3v) is 4.37. The second-order valence-corrected chi connectivity index (χ2v) is 6.16. The number of hydrogen-bond acceptors (Lipinski definition) is 0. The molecule has 0 aliphatic rings. The van der Waals surface area contributed by atoms with Crippen LogP contribution in [0.25, 0.3) is 21.9 Å². The van der Waals surface area contributed by atoms with Gasteiger partial charge in [0.05, 0.1) is 5.56 Å². The number of hydrogen-bond donors (Lipinski definition) is 0. The molecule has 0 atom stereocenters. The SMILES string of the molecule is CCCCc1ccc(-c2ccc3c(F)c(C(F)(F)F)ccc3c2)cc1. The van der Waals surface area contributed by atoms with E-state index in [1.807, 2.05) is 12.1 Å². The summed E-state index contributed by atoms with van der Waals surface area (Å²) in [4.78, 5) is 0. The Hall–Kier alpha value is -2.36. The van der Waals surface area contributed by atoms with Crippen LogP contribution < -0.4 is 0 Å². The summed E-state index contributed by atoms with van der Waals surface area (Å²) in [6.45, 7) is 2.15. The van der Waals surface area contributed by atoms with E-state index in [2.05, 4.69) is 19.1 Å². The van der Waals surface area contributed by atoms with Crippen molar-refractivity contribution in [2.75, 3.05) is 0 Å². The molecular formula is C21H18F4. The van der Waals surface area contributed by atoms with Crippen LogP contribution in [-0.2, 0) is 12.6 Å². The third kappa shape index (κ3) is 3.68. The summed E-state index contributed by atoms with van der Waals surface area (Å²) in [6, 6.07) is 15.0. The van der Waals surface area contributed by atoms with Gasteiger partial charge in [-0.25, -0.2) is 4.39 Å². The van der Waals surface area contributed by atoms with Crippen molar-refractivity contribution >= 4 is 10.8 Å². The lowest BCUT2D eigenvalue weighted by atomic mass is 9.98. The van der Waals surface area contributed by atoms with Crippen molar-refractivity contribution in [1.82, 2.24) is 0 Å². The first-order valence-electron chi connectivity index (χ1n) is 8.29. The summed E-state index contributed by atoms with van der Waals surface area (Å²) in [5, 5.41) is 0.441. The van der Waals surface area contributed by atoms with Gasteiger partial charge < -0.3 is 0 Å². The van der Waals surface area contributed by atoms with Crippen molar-refractivity contribution in [3.63, 3.8) is 0 Å². The highest BCUT2D eigenvalue weighted by Gasteiger charge is 2.34. The molecule has 0 N–H and O–H groups in total.